The van der Waals surface area contributed by atoms with Crippen LogP contribution in [0.5, 0.6) is 0 Å². The molecule has 2 nitrogen and oxygen atoms in total. The van der Waals surface area contributed by atoms with Gasteiger partial charge in [0.25, 0.3) is 5.91 Å². The summed E-state index contributed by atoms with van der Waals surface area (Å²) in [6.45, 7) is 1.34. The molecule has 18 heavy (non-hydrogen) atoms. The summed E-state index contributed by atoms with van der Waals surface area (Å²) in [4.78, 5) is 15.4. The number of nitrogens with zero attached hydrogens (tertiary/aromatic N) is 1. The van der Waals surface area contributed by atoms with Crippen LogP contribution >= 0.6 is 11.3 Å². The first-order valence-electron chi connectivity index (χ1n) is 5.84. The van der Waals surface area contributed by atoms with Gasteiger partial charge in [-0.25, -0.2) is 4.39 Å². The second kappa shape index (κ2) is 4.53. The topological polar surface area (TPSA) is 20.3 Å². The first-order chi connectivity index (χ1) is 8.74. The van der Waals surface area contributed by atoms with E-state index in [1.54, 1.807) is 28.4 Å². The molecule has 2 heterocycles. The molecule has 4 heteroatoms. The van der Waals surface area contributed by atoms with Gasteiger partial charge < -0.3 is 4.90 Å². The van der Waals surface area contributed by atoms with Gasteiger partial charge in [0.1, 0.15) is 5.82 Å². The molecule has 0 N–H and O–H groups in total. The molecule has 2 aromatic rings. The van der Waals surface area contributed by atoms with E-state index in [1.165, 1.54) is 22.6 Å². The predicted octanol–water partition coefficient (Wildman–Crippen LogP) is 3.09. The summed E-state index contributed by atoms with van der Waals surface area (Å²) < 4.78 is 13.1. The molecule has 0 saturated heterocycles. The van der Waals surface area contributed by atoms with Crippen LogP contribution in [0.4, 0.5) is 4.39 Å². The zero-order valence-corrected chi connectivity index (χ0v) is 10.5. The Balaban J connectivity index is 1.83. The highest BCUT2D eigenvalue weighted by Crippen LogP contribution is 2.25. The largest absolute Gasteiger partial charge is 0.334 e. The van der Waals surface area contributed by atoms with E-state index >= 15 is 0 Å². The van der Waals surface area contributed by atoms with Crippen molar-refractivity contribution in [3.8, 4) is 0 Å². The molecule has 0 radical (unpaired) electrons. The molecule has 0 unspecified atom stereocenters. The molecule has 0 atom stereocenters. The van der Waals surface area contributed by atoms with Crippen LogP contribution in [0.25, 0.3) is 0 Å². The Bertz CT molecular complexity index is 593. The smallest absolute Gasteiger partial charge is 0.254 e. The minimum Gasteiger partial charge on any atom is -0.334 e. The lowest BCUT2D eigenvalue weighted by atomic mass is 10.1. The Kier molecular flexibility index (Phi) is 2.88. The lowest BCUT2D eigenvalue weighted by Crippen LogP contribution is -2.35. The molecular weight excluding hydrogens is 249 g/mol. The molecule has 1 amide bonds. The standard InChI is InChI=1S/C14H12FNOS/c15-12-3-1-2-10(8-12)14(17)16-6-4-13-11(9-16)5-7-18-13/h1-3,5,7-8H,4,6,9H2. The van der Waals surface area contributed by atoms with Crippen molar-refractivity contribution in [1.82, 2.24) is 4.90 Å². The van der Waals surface area contributed by atoms with E-state index in [2.05, 4.69) is 11.4 Å². The summed E-state index contributed by atoms with van der Waals surface area (Å²) in [6.07, 6.45) is 0.897. The van der Waals surface area contributed by atoms with Gasteiger partial charge in [0, 0.05) is 23.5 Å². The Morgan fingerprint density at radius 3 is 3.06 bits per heavy atom. The van der Waals surface area contributed by atoms with Crippen LogP contribution < -0.4 is 0 Å². The third kappa shape index (κ3) is 2.04. The van der Waals surface area contributed by atoms with Gasteiger partial charge in [0.15, 0.2) is 0 Å². The Hall–Kier alpha value is -1.68. The van der Waals surface area contributed by atoms with Crippen LogP contribution in [0.15, 0.2) is 35.7 Å². The number of halogens is 1. The summed E-state index contributed by atoms with van der Waals surface area (Å²) in [5.74, 6) is -0.458. The van der Waals surface area contributed by atoms with Crippen LogP contribution in [0.2, 0.25) is 0 Å². The van der Waals surface area contributed by atoms with Crippen LogP contribution in [0.3, 0.4) is 0 Å². The van der Waals surface area contributed by atoms with Gasteiger partial charge in [-0.15, -0.1) is 11.3 Å². The third-order valence-electron chi connectivity index (χ3n) is 3.17. The summed E-state index contributed by atoms with van der Waals surface area (Å²) in [7, 11) is 0. The molecule has 3 rings (SSSR count). The number of rotatable bonds is 1. The molecule has 1 aliphatic rings. The third-order valence-corrected chi connectivity index (χ3v) is 4.19. The summed E-state index contributed by atoms with van der Waals surface area (Å²) in [6, 6.07) is 7.94. The SMILES string of the molecule is O=C(c1cccc(F)c1)N1CCc2sccc2C1. The number of hydrogen-bond acceptors (Lipinski definition) is 2. The number of amides is 1. The van der Waals surface area contributed by atoms with Crippen LogP contribution in [0.1, 0.15) is 20.8 Å². The van der Waals surface area contributed by atoms with Crippen molar-refractivity contribution in [1.29, 1.82) is 0 Å². The van der Waals surface area contributed by atoms with Crippen LogP contribution in [-0.4, -0.2) is 17.4 Å². The van der Waals surface area contributed by atoms with Crippen molar-refractivity contribution >= 4 is 17.2 Å². The van der Waals surface area contributed by atoms with E-state index in [9.17, 15) is 9.18 Å². The second-order valence-electron chi connectivity index (χ2n) is 4.36. The molecule has 1 aromatic carbocycles. The molecule has 92 valence electrons. The summed E-state index contributed by atoms with van der Waals surface area (Å²) >= 11 is 1.74. The summed E-state index contributed by atoms with van der Waals surface area (Å²) in [5, 5.41) is 2.06. The fourth-order valence-corrected chi connectivity index (χ4v) is 3.12. The van der Waals surface area contributed by atoms with Crippen LogP contribution in [0, 0.1) is 5.82 Å². The fourth-order valence-electron chi connectivity index (χ4n) is 2.23. The average Bonchev–Trinajstić information content (AvgIpc) is 2.85. The summed E-state index contributed by atoms with van der Waals surface area (Å²) in [5.41, 5.74) is 1.64. The highest BCUT2D eigenvalue weighted by molar-refractivity contribution is 7.10. The lowest BCUT2D eigenvalue weighted by molar-refractivity contribution is 0.0735. The molecule has 0 aliphatic carbocycles. The van der Waals surface area contributed by atoms with E-state index in [1.807, 2.05) is 0 Å². The average molecular weight is 261 g/mol. The Labute approximate surface area is 109 Å². The molecule has 0 spiro atoms. The van der Waals surface area contributed by atoms with Gasteiger partial charge >= 0.3 is 0 Å². The number of carbonyl (C=O) groups is 1. The number of carbonyl (C=O) groups excluding carboxylic acids is 1. The predicted molar refractivity (Wildman–Crippen MR) is 69.2 cm³/mol. The Morgan fingerprint density at radius 2 is 2.22 bits per heavy atom. The Morgan fingerprint density at radius 1 is 1.33 bits per heavy atom. The minimum atomic E-state index is -0.367. The van der Waals surface area contributed by atoms with Gasteiger partial charge in [0.05, 0.1) is 0 Å². The van der Waals surface area contributed by atoms with Crippen molar-refractivity contribution in [2.24, 2.45) is 0 Å². The zero-order chi connectivity index (χ0) is 12.5. The van der Waals surface area contributed by atoms with Crippen molar-refractivity contribution in [2.45, 2.75) is 13.0 Å². The number of hydrogen-bond donors (Lipinski definition) is 0. The van der Waals surface area contributed by atoms with Crippen molar-refractivity contribution in [3.63, 3.8) is 0 Å². The van der Waals surface area contributed by atoms with Crippen molar-refractivity contribution in [3.05, 3.63) is 57.5 Å². The van der Waals surface area contributed by atoms with Gasteiger partial charge in [-0.1, -0.05) is 6.07 Å². The maximum Gasteiger partial charge on any atom is 0.254 e. The van der Waals surface area contributed by atoms with Crippen LogP contribution in [-0.2, 0) is 13.0 Å². The monoisotopic (exact) mass is 261 g/mol. The van der Waals surface area contributed by atoms with E-state index in [0.29, 0.717) is 18.7 Å². The minimum absolute atomic E-state index is 0.0913. The first kappa shape index (κ1) is 11.4. The van der Waals surface area contributed by atoms with Crippen molar-refractivity contribution in [2.75, 3.05) is 6.54 Å². The van der Waals surface area contributed by atoms with Gasteiger partial charge in [-0.05, 0) is 41.6 Å². The van der Waals surface area contributed by atoms with Gasteiger partial charge in [-0.2, -0.15) is 0 Å². The van der Waals surface area contributed by atoms with Crippen molar-refractivity contribution < 1.29 is 9.18 Å². The highest BCUT2D eigenvalue weighted by Gasteiger charge is 2.22. The maximum absolute atomic E-state index is 13.1. The zero-order valence-electron chi connectivity index (χ0n) is 9.73. The molecule has 0 fully saturated rings. The normalized spacial score (nSPS) is 14.4. The maximum atomic E-state index is 13.1. The van der Waals surface area contributed by atoms with E-state index < -0.39 is 0 Å². The molecule has 1 aliphatic heterocycles. The van der Waals surface area contributed by atoms with E-state index in [4.69, 9.17) is 0 Å². The first-order valence-corrected chi connectivity index (χ1v) is 6.72. The molecular formula is C14H12FNOS. The van der Waals surface area contributed by atoms with E-state index in [0.717, 1.165) is 6.42 Å². The highest BCUT2D eigenvalue weighted by atomic mass is 32.1. The molecule has 1 aromatic heterocycles. The fraction of sp³-hybridized carbons (Fsp3) is 0.214. The van der Waals surface area contributed by atoms with Gasteiger partial charge in [-0.3, -0.25) is 4.79 Å². The second-order valence-corrected chi connectivity index (χ2v) is 5.36. The van der Waals surface area contributed by atoms with Gasteiger partial charge in [0.2, 0.25) is 0 Å². The molecule has 0 bridgehead atoms. The number of fused-ring (bicyclic) bond motifs is 1. The quantitative estimate of drug-likeness (QED) is 0.772. The molecule has 0 saturated carbocycles. The number of thiophene rings is 1. The lowest BCUT2D eigenvalue weighted by Gasteiger charge is -2.27. The van der Waals surface area contributed by atoms with E-state index in [-0.39, 0.29) is 11.7 Å². The number of benzene rings is 1.